The summed E-state index contributed by atoms with van der Waals surface area (Å²) >= 11 is 0. The number of aliphatic hydroxyl groups is 1. The second-order valence-electron chi connectivity index (χ2n) is 5.83. The van der Waals surface area contributed by atoms with E-state index in [9.17, 15) is 9.90 Å². The maximum Gasteiger partial charge on any atom is 0.314 e. The van der Waals surface area contributed by atoms with Crippen LogP contribution in [0.5, 0.6) is 5.75 Å². The highest BCUT2D eigenvalue weighted by Gasteiger charge is 2.42. The molecule has 1 aliphatic rings. The van der Waals surface area contributed by atoms with E-state index in [4.69, 9.17) is 4.74 Å². The number of hydrogen-bond acceptors (Lipinski definition) is 3. The smallest absolute Gasteiger partial charge is 0.314 e. The van der Waals surface area contributed by atoms with Crippen molar-refractivity contribution < 1.29 is 14.6 Å². The maximum absolute atomic E-state index is 11.7. The van der Waals surface area contributed by atoms with Gasteiger partial charge in [0, 0.05) is 18.5 Å². The number of nitrogens with one attached hydrogen (secondary N) is 2. The van der Waals surface area contributed by atoms with Crippen molar-refractivity contribution in [2.24, 2.45) is 5.41 Å². The lowest BCUT2D eigenvalue weighted by Crippen LogP contribution is -2.40. The SMILES string of the molecule is COc1ccc(C)cc1CCNC(=O)NCC1(CO)CC1. The third-order valence-corrected chi connectivity index (χ3v) is 4.03. The van der Waals surface area contributed by atoms with Gasteiger partial charge in [-0.05, 0) is 37.8 Å². The number of carbonyl (C=O) groups excluding carboxylic acids is 1. The Hall–Kier alpha value is -1.75. The number of urea groups is 1. The molecule has 0 spiro atoms. The molecular formula is C16H24N2O3. The largest absolute Gasteiger partial charge is 0.496 e. The Morgan fingerprint density at radius 3 is 2.76 bits per heavy atom. The van der Waals surface area contributed by atoms with E-state index in [1.165, 1.54) is 5.56 Å². The zero-order valence-electron chi connectivity index (χ0n) is 12.7. The molecule has 1 aliphatic carbocycles. The average Bonchev–Trinajstić information content (AvgIpc) is 3.26. The van der Waals surface area contributed by atoms with Crippen molar-refractivity contribution in [1.29, 1.82) is 0 Å². The molecule has 0 aliphatic heterocycles. The maximum atomic E-state index is 11.7. The van der Waals surface area contributed by atoms with Crippen LogP contribution in [-0.4, -0.2) is 37.9 Å². The highest BCUT2D eigenvalue weighted by molar-refractivity contribution is 5.73. The molecule has 116 valence electrons. The monoisotopic (exact) mass is 292 g/mol. The van der Waals surface area contributed by atoms with Gasteiger partial charge in [-0.1, -0.05) is 17.7 Å². The molecule has 0 radical (unpaired) electrons. The lowest BCUT2D eigenvalue weighted by molar-refractivity contribution is 0.203. The fourth-order valence-electron chi connectivity index (χ4n) is 2.31. The normalized spacial score (nSPS) is 15.4. The molecule has 0 saturated heterocycles. The number of carbonyl (C=O) groups is 1. The predicted octanol–water partition coefficient (Wildman–Crippen LogP) is 1.62. The number of amides is 2. The summed E-state index contributed by atoms with van der Waals surface area (Å²) in [6.07, 6.45) is 2.71. The van der Waals surface area contributed by atoms with Crippen LogP contribution in [0, 0.1) is 12.3 Å². The lowest BCUT2D eigenvalue weighted by Gasteiger charge is -2.14. The van der Waals surface area contributed by atoms with E-state index in [2.05, 4.69) is 16.7 Å². The van der Waals surface area contributed by atoms with Crippen LogP contribution in [0.1, 0.15) is 24.0 Å². The van der Waals surface area contributed by atoms with Crippen LogP contribution in [0.25, 0.3) is 0 Å². The number of aryl methyl sites for hydroxylation is 1. The van der Waals surface area contributed by atoms with Crippen molar-refractivity contribution in [2.45, 2.75) is 26.2 Å². The Labute approximate surface area is 125 Å². The van der Waals surface area contributed by atoms with E-state index in [1.54, 1.807) is 7.11 Å². The van der Waals surface area contributed by atoms with Crippen LogP contribution in [0.3, 0.4) is 0 Å². The highest BCUT2D eigenvalue weighted by atomic mass is 16.5. The second kappa shape index (κ2) is 6.80. The average molecular weight is 292 g/mol. The van der Waals surface area contributed by atoms with E-state index in [0.29, 0.717) is 13.1 Å². The molecule has 1 fully saturated rings. The van der Waals surface area contributed by atoms with Gasteiger partial charge in [0.1, 0.15) is 5.75 Å². The molecule has 0 bridgehead atoms. The van der Waals surface area contributed by atoms with E-state index >= 15 is 0 Å². The first-order valence-corrected chi connectivity index (χ1v) is 7.35. The fourth-order valence-corrected chi connectivity index (χ4v) is 2.31. The van der Waals surface area contributed by atoms with Gasteiger partial charge in [0.2, 0.25) is 0 Å². The van der Waals surface area contributed by atoms with Crippen LogP contribution in [0.15, 0.2) is 18.2 Å². The first kappa shape index (κ1) is 15.6. The molecule has 0 aromatic heterocycles. The summed E-state index contributed by atoms with van der Waals surface area (Å²) in [5, 5.41) is 14.9. The number of hydrogen-bond donors (Lipinski definition) is 3. The van der Waals surface area contributed by atoms with Gasteiger partial charge in [-0.25, -0.2) is 4.79 Å². The molecule has 3 N–H and O–H groups in total. The van der Waals surface area contributed by atoms with Crippen LogP contribution in [0.4, 0.5) is 4.79 Å². The van der Waals surface area contributed by atoms with Crippen LogP contribution >= 0.6 is 0 Å². The molecular weight excluding hydrogens is 268 g/mol. The van der Waals surface area contributed by atoms with Crippen molar-refractivity contribution >= 4 is 6.03 Å². The molecule has 0 unspecified atom stereocenters. The van der Waals surface area contributed by atoms with E-state index in [1.807, 2.05) is 19.1 Å². The van der Waals surface area contributed by atoms with Gasteiger partial charge in [-0.2, -0.15) is 0 Å². The van der Waals surface area contributed by atoms with Crippen molar-refractivity contribution in [3.63, 3.8) is 0 Å². The van der Waals surface area contributed by atoms with E-state index in [-0.39, 0.29) is 18.1 Å². The van der Waals surface area contributed by atoms with Gasteiger partial charge in [0.15, 0.2) is 0 Å². The minimum absolute atomic E-state index is 0.0584. The summed E-state index contributed by atoms with van der Waals surface area (Å²) in [5.41, 5.74) is 2.21. The van der Waals surface area contributed by atoms with E-state index in [0.717, 1.165) is 30.6 Å². The van der Waals surface area contributed by atoms with Crippen molar-refractivity contribution in [1.82, 2.24) is 10.6 Å². The summed E-state index contributed by atoms with van der Waals surface area (Å²) in [6, 6.07) is 5.85. The van der Waals surface area contributed by atoms with Gasteiger partial charge >= 0.3 is 6.03 Å². The van der Waals surface area contributed by atoms with Gasteiger partial charge in [0.25, 0.3) is 0 Å². The molecule has 5 nitrogen and oxygen atoms in total. The Kier molecular flexibility index (Phi) is 5.07. The van der Waals surface area contributed by atoms with Gasteiger partial charge in [-0.15, -0.1) is 0 Å². The van der Waals surface area contributed by atoms with Crippen LogP contribution in [0.2, 0.25) is 0 Å². The van der Waals surface area contributed by atoms with Crippen molar-refractivity contribution in [3.05, 3.63) is 29.3 Å². The summed E-state index contributed by atoms with van der Waals surface area (Å²) in [7, 11) is 1.65. The minimum Gasteiger partial charge on any atom is -0.496 e. The summed E-state index contributed by atoms with van der Waals surface area (Å²) in [4.78, 5) is 11.7. The molecule has 1 aromatic rings. The topological polar surface area (TPSA) is 70.6 Å². The molecule has 1 saturated carbocycles. The Balaban J connectivity index is 1.73. The Morgan fingerprint density at radius 2 is 2.14 bits per heavy atom. The fraction of sp³-hybridized carbons (Fsp3) is 0.562. The number of aliphatic hydroxyl groups excluding tert-OH is 1. The highest BCUT2D eigenvalue weighted by Crippen LogP contribution is 2.44. The van der Waals surface area contributed by atoms with Crippen LogP contribution in [-0.2, 0) is 6.42 Å². The summed E-state index contributed by atoms with van der Waals surface area (Å²) < 4.78 is 5.32. The Bertz CT molecular complexity index is 498. The molecule has 1 aromatic carbocycles. The zero-order chi connectivity index (χ0) is 15.3. The first-order valence-electron chi connectivity index (χ1n) is 7.35. The molecule has 5 heteroatoms. The van der Waals surface area contributed by atoms with Gasteiger partial charge < -0.3 is 20.5 Å². The van der Waals surface area contributed by atoms with Gasteiger partial charge in [0.05, 0.1) is 13.7 Å². The standard InChI is InChI=1S/C16H24N2O3/c1-12-3-4-14(21-2)13(9-12)5-8-17-15(20)18-10-16(11-19)6-7-16/h3-4,9,19H,5-8,10-11H2,1-2H3,(H2,17,18,20). The number of ether oxygens (including phenoxy) is 1. The quantitative estimate of drug-likeness (QED) is 0.715. The van der Waals surface area contributed by atoms with Crippen LogP contribution < -0.4 is 15.4 Å². The summed E-state index contributed by atoms with van der Waals surface area (Å²) in [5.74, 6) is 0.847. The van der Waals surface area contributed by atoms with E-state index < -0.39 is 0 Å². The molecule has 21 heavy (non-hydrogen) atoms. The number of benzene rings is 1. The predicted molar refractivity (Wildman–Crippen MR) is 81.6 cm³/mol. The zero-order valence-corrected chi connectivity index (χ0v) is 12.7. The number of rotatable bonds is 7. The van der Waals surface area contributed by atoms with Crippen molar-refractivity contribution in [2.75, 3.05) is 26.8 Å². The summed E-state index contributed by atoms with van der Waals surface area (Å²) in [6.45, 7) is 3.28. The molecule has 0 atom stereocenters. The molecule has 2 rings (SSSR count). The molecule has 2 amide bonds. The Morgan fingerprint density at radius 1 is 1.38 bits per heavy atom. The first-order chi connectivity index (χ1) is 10.1. The minimum atomic E-state index is -0.179. The third kappa shape index (κ3) is 4.36. The van der Waals surface area contributed by atoms with Crippen molar-refractivity contribution in [3.8, 4) is 5.75 Å². The molecule has 0 heterocycles. The van der Waals surface area contributed by atoms with Gasteiger partial charge in [-0.3, -0.25) is 0 Å². The lowest BCUT2D eigenvalue weighted by atomic mass is 10.1. The third-order valence-electron chi connectivity index (χ3n) is 4.03. The second-order valence-corrected chi connectivity index (χ2v) is 5.83. The number of methoxy groups -OCH3 is 1.